The molecule has 6 aliphatic rings. The Morgan fingerprint density at radius 3 is 2.70 bits per heavy atom. The smallest absolute Gasteiger partial charge is 0.331 e. The van der Waals surface area contributed by atoms with Crippen molar-refractivity contribution < 1.29 is 38.7 Å². The number of aliphatic hydroxyl groups is 2. The van der Waals surface area contributed by atoms with Gasteiger partial charge in [0.25, 0.3) is 0 Å². The van der Waals surface area contributed by atoms with Crippen molar-refractivity contribution in [2.75, 3.05) is 6.61 Å². The zero-order valence-electron chi connectivity index (χ0n) is 15.3. The molecule has 2 saturated carbocycles. The Morgan fingerprint density at radius 1 is 1.26 bits per heavy atom. The van der Waals surface area contributed by atoms with E-state index in [1.165, 1.54) is 13.0 Å². The maximum atomic E-state index is 12.9. The van der Waals surface area contributed by atoms with E-state index >= 15 is 0 Å². The minimum Gasteiger partial charge on any atom is -0.459 e. The fourth-order valence-corrected chi connectivity index (χ4v) is 6.80. The number of ether oxygens (including phenoxy) is 4. The second-order valence-corrected chi connectivity index (χ2v) is 9.57. The van der Waals surface area contributed by atoms with Crippen molar-refractivity contribution >= 4 is 11.9 Å². The summed E-state index contributed by atoms with van der Waals surface area (Å²) in [6, 6.07) is 0. The zero-order valence-corrected chi connectivity index (χ0v) is 15.3. The molecule has 8 heteroatoms. The van der Waals surface area contributed by atoms with Crippen LogP contribution in [-0.2, 0) is 28.5 Å². The second kappa shape index (κ2) is 4.25. The minimum absolute atomic E-state index is 0.0643. The average molecular weight is 378 g/mol. The van der Waals surface area contributed by atoms with Crippen molar-refractivity contribution in [2.24, 2.45) is 16.7 Å². The number of rotatable bonds is 2. The van der Waals surface area contributed by atoms with Crippen LogP contribution in [0.1, 0.15) is 27.2 Å². The summed E-state index contributed by atoms with van der Waals surface area (Å²) in [5.41, 5.74) is -3.39. The lowest BCUT2D eigenvalue weighted by atomic mass is 9.47. The number of hydrogen-bond donors (Lipinski definition) is 2. The van der Waals surface area contributed by atoms with Crippen molar-refractivity contribution in [1.82, 2.24) is 0 Å². The van der Waals surface area contributed by atoms with E-state index in [9.17, 15) is 19.8 Å². The summed E-state index contributed by atoms with van der Waals surface area (Å²) in [7, 11) is 0. The first-order valence-electron chi connectivity index (χ1n) is 9.41. The van der Waals surface area contributed by atoms with Crippen molar-refractivity contribution in [1.29, 1.82) is 0 Å². The van der Waals surface area contributed by atoms with Crippen LogP contribution in [0, 0.1) is 16.7 Å². The molecule has 0 aromatic carbocycles. The molecule has 4 aliphatic heterocycles. The molecule has 0 aromatic rings. The molecule has 3 saturated heterocycles. The zero-order chi connectivity index (χ0) is 19.1. The van der Waals surface area contributed by atoms with E-state index in [0.29, 0.717) is 6.42 Å². The number of esters is 2. The van der Waals surface area contributed by atoms with E-state index in [4.69, 9.17) is 18.9 Å². The van der Waals surface area contributed by atoms with Crippen LogP contribution in [0.3, 0.4) is 0 Å². The third kappa shape index (κ3) is 1.55. The summed E-state index contributed by atoms with van der Waals surface area (Å²) in [5, 5.41) is 20.4. The SMILES string of the molecule is C[C@]12C(=O)O[C@@H]3[C@H]4O[C@@]45C(=CC(=O)O[C@@H]5[C@@](C)(O)CO)[C@@](C)(C[C@@H]4O[C@@H]41)[C@@H]32. The lowest BCUT2D eigenvalue weighted by molar-refractivity contribution is -0.178. The van der Waals surface area contributed by atoms with Crippen LogP contribution in [-0.4, -0.2) is 70.5 Å². The Bertz CT molecular complexity index is 834. The number of aliphatic hydroxyl groups excluding tert-OH is 1. The monoisotopic (exact) mass is 378 g/mol. The van der Waals surface area contributed by atoms with Gasteiger partial charge in [0.1, 0.15) is 29.3 Å². The van der Waals surface area contributed by atoms with Gasteiger partial charge in [0, 0.05) is 17.4 Å². The van der Waals surface area contributed by atoms with E-state index in [2.05, 4.69) is 0 Å². The van der Waals surface area contributed by atoms with Crippen LogP contribution in [0.2, 0.25) is 0 Å². The van der Waals surface area contributed by atoms with Crippen molar-refractivity contribution in [3.05, 3.63) is 11.6 Å². The van der Waals surface area contributed by atoms with Gasteiger partial charge in [-0.25, -0.2) is 4.79 Å². The van der Waals surface area contributed by atoms with E-state index in [1.54, 1.807) is 0 Å². The molecule has 1 spiro atoms. The molecule has 0 bridgehead atoms. The standard InChI is InChI=1S/C19H22O8/c1-16-5-7-12(24-7)18(3)11(16)10(26-15(18)22)13-19(27-13)8(16)4-9(21)25-14(19)17(2,23)6-20/h4,7,10-14,20,23H,5-6H2,1-3H3/t7-,10-,11+,12-,13+,14+,16+,17-,18+,19-/m0/s1. The molecule has 0 aromatic heterocycles. The van der Waals surface area contributed by atoms with E-state index in [0.717, 1.165) is 5.57 Å². The quantitative estimate of drug-likeness (QED) is 0.486. The second-order valence-electron chi connectivity index (χ2n) is 9.57. The molecule has 146 valence electrons. The third-order valence-electron chi connectivity index (χ3n) is 7.94. The van der Waals surface area contributed by atoms with Gasteiger partial charge in [-0.1, -0.05) is 6.92 Å². The molecule has 0 amide bonds. The maximum Gasteiger partial charge on any atom is 0.331 e. The van der Waals surface area contributed by atoms with Crippen molar-refractivity contribution in [2.45, 2.75) is 68.9 Å². The molecule has 2 aliphatic carbocycles. The molecule has 8 nitrogen and oxygen atoms in total. The number of cyclic esters (lactones) is 1. The van der Waals surface area contributed by atoms with Gasteiger partial charge in [0.05, 0.1) is 12.7 Å². The highest BCUT2D eigenvalue weighted by molar-refractivity contribution is 5.87. The first kappa shape index (κ1) is 16.5. The topological polar surface area (TPSA) is 118 Å². The van der Waals surface area contributed by atoms with Crippen LogP contribution < -0.4 is 0 Å². The molecule has 5 fully saturated rings. The molecule has 10 atom stereocenters. The van der Waals surface area contributed by atoms with E-state index < -0.39 is 52.9 Å². The van der Waals surface area contributed by atoms with Gasteiger partial charge in [-0.05, 0) is 25.8 Å². The van der Waals surface area contributed by atoms with Gasteiger partial charge in [0.15, 0.2) is 11.7 Å². The summed E-state index contributed by atoms with van der Waals surface area (Å²) in [6.07, 6.45) is -0.212. The summed E-state index contributed by atoms with van der Waals surface area (Å²) in [4.78, 5) is 25.3. The molecule has 2 N–H and O–H groups in total. The van der Waals surface area contributed by atoms with Gasteiger partial charge >= 0.3 is 11.9 Å². The van der Waals surface area contributed by atoms with Gasteiger partial charge < -0.3 is 29.2 Å². The molecular formula is C19H22O8. The normalized spacial score (nSPS) is 58.5. The maximum absolute atomic E-state index is 12.9. The highest BCUT2D eigenvalue weighted by atomic mass is 16.7. The number of hydrogen-bond acceptors (Lipinski definition) is 8. The molecular weight excluding hydrogens is 356 g/mol. The van der Waals surface area contributed by atoms with Gasteiger partial charge in [-0.2, -0.15) is 0 Å². The number of carbonyl (C=O) groups excluding carboxylic acids is 2. The van der Waals surface area contributed by atoms with Crippen molar-refractivity contribution in [3.8, 4) is 0 Å². The lowest BCUT2D eigenvalue weighted by Crippen LogP contribution is -2.65. The number of carbonyl (C=O) groups is 2. The van der Waals surface area contributed by atoms with E-state index in [-0.39, 0.29) is 24.1 Å². The van der Waals surface area contributed by atoms with Crippen LogP contribution in [0.25, 0.3) is 0 Å². The highest BCUT2D eigenvalue weighted by Gasteiger charge is 2.87. The largest absolute Gasteiger partial charge is 0.459 e. The van der Waals surface area contributed by atoms with Crippen LogP contribution in [0.15, 0.2) is 11.6 Å². The van der Waals surface area contributed by atoms with Crippen LogP contribution in [0.5, 0.6) is 0 Å². The fraction of sp³-hybridized carbons (Fsp3) is 0.789. The number of fused-ring (bicyclic) bond motifs is 4. The van der Waals surface area contributed by atoms with Gasteiger partial charge in [0.2, 0.25) is 0 Å². The van der Waals surface area contributed by atoms with Crippen LogP contribution in [0.4, 0.5) is 0 Å². The first-order valence-corrected chi connectivity index (χ1v) is 9.41. The van der Waals surface area contributed by atoms with Gasteiger partial charge in [-0.15, -0.1) is 0 Å². The highest BCUT2D eigenvalue weighted by Crippen LogP contribution is 2.75. The summed E-state index contributed by atoms with van der Waals surface area (Å²) < 4.78 is 23.2. The predicted octanol–water partition coefficient (Wildman–Crippen LogP) is -0.542. The van der Waals surface area contributed by atoms with Crippen LogP contribution >= 0.6 is 0 Å². The molecule has 0 radical (unpaired) electrons. The summed E-state index contributed by atoms with van der Waals surface area (Å²) in [5.74, 6) is -1.05. The molecule has 4 heterocycles. The Hall–Kier alpha value is -1.48. The Labute approximate surface area is 155 Å². The number of epoxide rings is 2. The van der Waals surface area contributed by atoms with Gasteiger partial charge in [-0.3, -0.25) is 4.79 Å². The Morgan fingerprint density at radius 2 is 2.00 bits per heavy atom. The predicted molar refractivity (Wildman–Crippen MR) is 86.1 cm³/mol. The Balaban J connectivity index is 1.56. The molecule has 27 heavy (non-hydrogen) atoms. The summed E-state index contributed by atoms with van der Waals surface area (Å²) >= 11 is 0. The molecule has 0 unspecified atom stereocenters. The summed E-state index contributed by atoms with van der Waals surface area (Å²) in [6.45, 7) is 4.74. The average Bonchev–Trinajstić information content (AvgIpc) is 3.49. The first-order chi connectivity index (χ1) is 12.6. The minimum atomic E-state index is -1.69. The molecule has 6 rings (SSSR count). The third-order valence-corrected chi connectivity index (χ3v) is 7.94. The fourth-order valence-electron chi connectivity index (χ4n) is 6.80. The van der Waals surface area contributed by atoms with Crippen molar-refractivity contribution in [3.63, 3.8) is 0 Å². The lowest BCUT2D eigenvalue weighted by Gasteiger charge is -2.53. The Kier molecular flexibility index (Phi) is 2.59. The van der Waals surface area contributed by atoms with E-state index in [1.807, 2.05) is 13.8 Å².